The van der Waals surface area contributed by atoms with Gasteiger partial charge in [0, 0.05) is 19.2 Å². The molecule has 12 nitrogen and oxygen atoms in total. The quantitative estimate of drug-likeness (QED) is 0.304. The molecule has 2 aromatic rings. The smallest absolute Gasteiger partial charge is 0.407 e. The lowest BCUT2D eigenvalue weighted by atomic mass is 9.89. The average Bonchev–Trinajstić information content (AvgIpc) is 3.71. The van der Waals surface area contributed by atoms with Crippen LogP contribution >= 0.6 is 0 Å². The van der Waals surface area contributed by atoms with E-state index < -0.39 is 39.8 Å². The second-order valence-corrected chi connectivity index (χ2v) is 13.9. The molecule has 5 atom stereocenters. The Bertz CT molecular complexity index is 1360. The van der Waals surface area contributed by atoms with Gasteiger partial charge in [-0.2, -0.15) is 4.31 Å². The second-order valence-electron chi connectivity index (χ2n) is 12.0. The van der Waals surface area contributed by atoms with Crippen molar-refractivity contribution in [3.8, 4) is 11.5 Å². The van der Waals surface area contributed by atoms with E-state index in [2.05, 4.69) is 5.32 Å². The molecule has 2 saturated heterocycles. The third kappa shape index (κ3) is 7.59. The van der Waals surface area contributed by atoms with Crippen LogP contribution < -0.4 is 20.5 Å². The third-order valence-electron chi connectivity index (χ3n) is 8.11. The summed E-state index contributed by atoms with van der Waals surface area (Å²) < 4.78 is 56.9. The molecule has 4 N–H and O–H groups in total. The first kappa shape index (κ1) is 31.5. The van der Waals surface area contributed by atoms with Crippen LogP contribution in [0.15, 0.2) is 53.4 Å². The molecule has 5 rings (SSSR count). The standard InChI is InChI=1S/C30H41N3O9S/c1-30(2,11-12-31)18-33(43(36,37)21-8-9-25-26(15-21)41-19-40-25)16-24(34)23(14-20-6-4-3-5-7-20)32-29(35)42-27-17-39-28-22(27)10-13-38-28/h3-9,15,22-24,27-28,34H,10-14,16-19,31H2,1-2H3,(H,32,35)/t22-,23-,24+,27+,28+/m0/s1. The van der Waals surface area contributed by atoms with Crippen LogP contribution in [-0.4, -0.2) is 88.1 Å². The number of hydrogen-bond acceptors (Lipinski definition) is 10. The summed E-state index contributed by atoms with van der Waals surface area (Å²) in [6.07, 6.45) is -1.31. The summed E-state index contributed by atoms with van der Waals surface area (Å²) in [5.41, 5.74) is 6.19. The van der Waals surface area contributed by atoms with Gasteiger partial charge in [0.25, 0.3) is 0 Å². The van der Waals surface area contributed by atoms with Crippen LogP contribution in [0.5, 0.6) is 11.5 Å². The van der Waals surface area contributed by atoms with Crippen molar-refractivity contribution in [1.29, 1.82) is 0 Å². The number of nitrogens with one attached hydrogen (secondary N) is 1. The van der Waals surface area contributed by atoms with Gasteiger partial charge in [-0.25, -0.2) is 13.2 Å². The van der Waals surface area contributed by atoms with Crippen LogP contribution in [0.4, 0.5) is 4.79 Å². The summed E-state index contributed by atoms with van der Waals surface area (Å²) in [5.74, 6) is 0.748. The number of ether oxygens (including phenoxy) is 5. The van der Waals surface area contributed by atoms with Crippen LogP contribution in [-0.2, 0) is 30.7 Å². The molecule has 0 aliphatic carbocycles. The number of carbonyl (C=O) groups excluding carboxylic acids is 1. The first-order valence-electron chi connectivity index (χ1n) is 14.6. The van der Waals surface area contributed by atoms with Crippen molar-refractivity contribution in [2.45, 2.75) is 62.5 Å². The first-order valence-corrected chi connectivity index (χ1v) is 16.0. The highest BCUT2D eigenvalue weighted by molar-refractivity contribution is 7.89. The molecule has 3 aliphatic rings. The van der Waals surface area contributed by atoms with Gasteiger partial charge < -0.3 is 39.8 Å². The Labute approximate surface area is 252 Å². The monoisotopic (exact) mass is 619 g/mol. The fraction of sp³-hybridized carbons (Fsp3) is 0.567. The maximum Gasteiger partial charge on any atom is 0.407 e. The predicted octanol–water partition coefficient (Wildman–Crippen LogP) is 2.24. The molecule has 2 aromatic carbocycles. The molecular formula is C30H41N3O9S. The van der Waals surface area contributed by atoms with E-state index in [9.17, 15) is 18.3 Å². The van der Waals surface area contributed by atoms with Gasteiger partial charge in [-0.05, 0) is 48.9 Å². The van der Waals surface area contributed by atoms with Crippen LogP contribution in [0.3, 0.4) is 0 Å². The molecule has 0 aromatic heterocycles. The van der Waals surface area contributed by atoms with Crippen LogP contribution in [0.1, 0.15) is 32.3 Å². The molecule has 0 bridgehead atoms. The summed E-state index contributed by atoms with van der Waals surface area (Å²) in [6, 6.07) is 12.9. The number of nitrogens with two attached hydrogens (primary N) is 1. The molecule has 0 saturated carbocycles. The number of alkyl carbamates (subject to hydrolysis) is 1. The lowest BCUT2D eigenvalue weighted by molar-refractivity contribution is -0.0907. The lowest BCUT2D eigenvalue weighted by Crippen LogP contribution is -2.52. The van der Waals surface area contributed by atoms with Gasteiger partial charge in [0.05, 0.1) is 36.2 Å². The molecule has 3 heterocycles. The Kier molecular flexibility index (Phi) is 9.79. The molecule has 1 amide bonds. The first-order chi connectivity index (χ1) is 20.6. The molecule has 0 unspecified atom stereocenters. The number of nitrogens with zero attached hydrogens (tertiary/aromatic N) is 1. The number of carbonyl (C=O) groups is 1. The molecule has 3 aliphatic heterocycles. The number of benzene rings is 2. The maximum atomic E-state index is 14.0. The van der Waals surface area contributed by atoms with Gasteiger partial charge >= 0.3 is 6.09 Å². The fourth-order valence-electron chi connectivity index (χ4n) is 5.74. The SMILES string of the molecule is CC(C)(CCN)CN(C[C@@H](O)[C@H](Cc1ccccc1)NC(=O)O[C@@H]1CO[C@H]2OCC[C@H]21)S(=O)(=O)c1ccc2c(c1)OCO2. The van der Waals surface area contributed by atoms with E-state index >= 15 is 0 Å². The Morgan fingerprint density at radius 2 is 1.93 bits per heavy atom. The minimum absolute atomic E-state index is 0.00838. The minimum atomic E-state index is -4.11. The highest BCUT2D eigenvalue weighted by Crippen LogP contribution is 2.36. The van der Waals surface area contributed by atoms with E-state index in [4.69, 9.17) is 29.4 Å². The lowest BCUT2D eigenvalue weighted by Gasteiger charge is -2.35. The van der Waals surface area contributed by atoms with Crippen molar-refractivity contribution < 1.29 is 42.0 Å². The predicted molar refractivity (Wildman–Crippen MR) is 156 cm³/mol. The zero-order valence-electron chi connectivity index (χ0n) is 24.5. The number of amides is 1. The Morgan fingerprint density at radius 1 is 1.16 bits per heavy atom. The highest BCUT2D eigenvalue weighted by Gasteiger charge is 2.44. The zero-order valence-corrected chi connectivity index (χ0v) is 25.3. The van der Waals surface area contributed by atoms with Crippen molar-refractivity contribution in [2.24, 2.45) is 17.1 Å². The normalized spacial score (nSPS) is 22.8. The summed E-state index contributed by atoms with van der Waals surface area (Å²) in [4.78, 5) is 13.1. The van der Waals surface area contributed by atoms with Crippen LogP contribution in [0, 0.1) is 11.3 Å². The number of hydrogen-bond donors (Lipinski definition) is 3. The Balaban J connectivity index is 1.37. The van der Waals surface area contributed by atoms with Gasteiger partial charge in [-0.15, -0.1) is 0 Å². The van der Waals surface area contributed by atoms with E-state index in [-0.39, 0.29) is 50.0 Å². The van der Waals surface area contributed by atoms with Gasteiger partial charge in [0.1, 0.15) is 6.10 Å². The largest absolute Gasteiger partial charge is 0.454 e. The number of sulfonamides is 1. The molecule has 13 heteroatoms. The maximum absolute atomic E-state index is 14.0. The number of aliphatic hydroxyl groups is 1. The van der Waals surface area contributed by atoms with E-state index in [1.807, 2.05) is 44.2 Å². The van der Waals surface area contributed by atoms with Crippen molar-refractivity contribution in [2.75, 3.05) is 39.6 Å². The van der Waals surface area contributed by atoms with E-state index in [1.165, 1.54) is 16.4 Å². The third-order valence-corrected chi connectivity index (χ3v) is 9.92. The number of aliphatic hydroxyl groups excluding tert-OH is 1. The van der Waals surface area contributed by atoms with Crippen molar-refractivity contribution in [1.82, 2.24) is 9.62 Å². The summed E-state index contributed by atoms with van der Waals surface area (Å²) in [7, 11) is -4.11. The van der Waals surface area contributed by atoms with Crippen LogP contribution in [0.2, 0.25) is 0 Å². The van der Waals surface area contributed by atoms with Gasteiger partial charge in [0.2, 0.25) is 16.8 Å². The molecule has 0 spiro atoms. The van der Waals surface area contributed by atoms with E-state index in [0.29, 0.717) is 31.1 Å². The number of fused-ring (bicyclic) bond motifs is 2. The zero-order chi connectivity index (χ0) is 30.6. The molecular weight excluding hydrogens is 578 g/mol. The van der Waals surface area contributed by atoms with Crippen molar-refractivity contribution in [3.63, 3.8) is 0 Å². The Hall–Kier alpha value is -2.94. The highest BCUT2D eigenvalue weighted by atomic mass is 32.2. The molecule has 2 fully saturated rings. The number of rotatable bonds is 13. The van der Waals surface area contributed by atoms with Gasteiger partial charge in [-0.3, -0.25) is 0 Å². The summed E-state index contributed by atoms with van der Waals surface area (Å²) in [5, 5.41) is 14.4. The molecule has 43 heavy (non-hydrogen) atoms. The fourth-order valence-corrected chi connectivity index (χ4v) is 7.40. The second kappa shape index (κ2) is 13.4. The topological polar surface area (TPSA) is 159 Å². The minimum Gasteiger partial charge on any atom is -0.454 e. The summed E-state index contributed by atoms with van der Waals surface area (Å²) in [6.45, 7) is 4.80. The van der Waals surface area contributed by atoms with Crippen molar-refractivity contribution in [3.05, 3.63) is 54.1 Å². The summed E-state index contributed by atoms with van der Waals surface area (Å²) >= 11 is 0. The van der Waals surface area contributed by atoms with Crippen molar-refractivity contribution >= 4 is 16.1 Å². The van der Waals surface area contributed by atoms with E-state index in [0.717, 1.165) is 12.0 Å². The van der Waals surface area contributed by atoms with E-state index in [1.54, 1.807) is 6.07 Å². The Morgan fingerprint density at radius 3 is 2.70 bits per heavy atom. The molecule has 236 valence electrons. The average molecular weight is 620 g/mol. The van der Waals surface area contributed by atoms with Crippen LogP contribution in [0.25, 0.3) is 0 Å². The van der Waals surface area contributed by atoms with Gasteiger partial charge in [0.15, 0.2) is 17.8 Å². The van der Waals surface area contributed by atoms with Gasteiger partial charge in [-0.1, -0.05) is 44.2 Å². The molecule has 0 radical (unpaired) electrons.